The van der Waals surface area contributed by atoms with E-state index in [-0.39, 0.29) is 5.25 Å². The highest BCUT2D eigenvalue weighted by Gasteiger charge is 2.33. The summed E-state index contributed by atoms with van der Waals surface area (Å²) in [5, 5.41) is 3.73. The van der Waals surface area contributed by atoms with Crippen LogP contribution >= 0.6 is 0 Å². The minimum Gasteiger partial charge on any atom is -0.497 e. The molecule has 2 N–H and O–H groups in total. The molecule has 7 heteroatoms. The highest BCUT2D eigenvalue weighted by atomic mass is 32.2. The van der Waals surface area contributed by atoms with Gasteiger partial charge in [0.15, 0.2) is 5.16 Å². The molecule has 2 atom stereocenters. The van der Waals surface area contributed by atoms with Crippen molar-refractivity contribution in [2.75, 3.05) is 20.2 Å². The third kappa shape index (κ3) is 3.82. The third-order valence-electron chi connectivity index (χ3n) is 5.45. The van der Waals surface area contributed by atoms with Crippen molar-refractivity contribution in [1.82, 2.24) is 20.3 Å². The molecule has 0 bridgehead atoms. The molecule has 0 amide bonds. The number of hydrogen-bond donors (Lipinski definition) is 2. The minimum absolute atomic E-state index is 0.171. The number of pyridine rings is 1. The van der Waals surface area contributed by atoms with E-state index in [1.54, 1.807) is 7.11 Å². The Morgan fingerprint density at radius 2 is 2.07 bits per heavy atom. The number of imidazole rings is 1. The largest absolute Gasteiger partial charge is 0.497 e. The van der Waals surface area contributed by atoms with Gasteiger partial charge < -0.3 is 15.0 Å². The van der Waals surface area contributed by atoms with Crippen LogP contribution in [0.5, 0.6) is 5.75 Å². The molecule has 0 spiro atoms. The number of aryl methyl sites for hydroxylation is 1. The Morgan fingerprint density at radius 3 is 2.75 bits per heavy atom. The zero-order valence-corrected chi connectivity index (χ0v) is 17.1. The maximum atomic E-state index is 13.6. The van der Waals surface area contributed by atoms with Gasteiger partial charge in [-0.1, -0.05) is 13.0 Å². The smallest absolute Gasteiger partial charge is 0.198 e. The molecule has 6 nitrogen and oxygen atoms in total. The Bertz CT molecular complexity index is 964. The molecule has 1 fully saturated rings. The van der Waals surface area contributed by atoms with Crippen molar-refractivity contribution >= 4 is 21.8 Å². The summed E-state index contributed by atoms with van der Waals surface area (Å²) < 4.78 is 18.9. The highest BCUT2D eigenvalue weighted by Crippen LogP contribution is 2.36. The number of aromatic amines is 1. The zero-order chi connectivity index (χ0) is 19.5. The van der Waals surface area contributed by atoms with E-state index in [1.807, 2.05) is 30.5 Å². The number of benzene rings is 1. The van der Waals surface area contributed by atoms with Crippen LogP contribution < -0.4 is 10.1 Å². The summed E-state index contributed by atoms with van der Waals surface area (Å²) in [5.74, 6) is 1.06. The van der Waals surface area contributed by atoms with Gasteiger partial charge in [-0.15, -0.1) is 0 Å². The Morgan fingerprint density at radius 1 is 1.25 bits per heavy atom. The van der Waals surface area contributed by atoms with Crippen molar-refractivity contribution in [2.24, 2.45) is 5.92 Å². The van der Waals surface area contributed by atoms with Crippen LogP contribution in [0.15, 0.2) is 41.7 Å². The van der Waals surface area contributed by atoms with Gasteiger partial charge in [0.25, 0.3) is 0 Å². The topological polar surface area (TPSA) is 79.9 Å². The standard InChI is InChI=1S/C21H26N4O2S/c1-3-14-4-6-18(23-13-14)20(15-8-10-22-11-9-15)28(26)21-24-17-7-5-16(27-2)12-19(17)25-21/h4-7,12-13,15,20,22H,3,8-11H2,1-2H3,(H,24,25). The van der Waals surface area contributed by atoms with Crippen LogP contribution in [0.4, 0.5) is 0 Å². The summed E-state index contributed by atoms with van der Waals surface area (Å²) in [4.78, 5) is 12.5. The van der Waals surface area contributed by atoms with Crippen LogP contribution in [-0.2, 0) is 17.2 Å². The molecule has 0 aliphatic carbocycles. The second-order valence-electron chi connectivity index (χ2n) is 7.18. The first kappa shape index (κ1) is 19.1. The first-order chi connectivity index (χ1) is 13.7. The average molecular weight is 399 g/mol. The second-order valence-corrected chi connectivity index (χ2v) is 8.66. The van der Waals surface area contributed by atoms with Crippen LogP contribution in [0.25, 0.3) is 11.0 Å². The highest BCUT2D eigenvalue weighted by molar-refractivity contribution is 7.85. The van der Waals surface area contributed by atoms with Gasteiger partial charge in [0.2, 0.25) is 0 Å². The second kappa shape index (κ2) is 8.41. The summed E-state index contributed by atoms with van der Waals surface area (Å²) in [7, 11) is 0.317. The number of rotatable bonds is 6. The molecule has 148 valence electrons. The number of piperidine rings is 1. The molecule has 0 radical (unpaired) electrons. The van der Waals surface area contributed by atoms with Crippen molar-refractivity contribution in [3.8, 4) is 5.75 Å². The van der Waals surface area contributed by atoms with Gasteiger partial charge in [-0.05, 0) is 62.0 Å². The van der Waals surface area contributed by atoms with Gasteiger partial charge in [0.05, 0.1) is 39.9 Å². The van der Waals surface area contributed by atoms with Gasteiger partial charge in [0.1, 0.15) is 5.75 Å². The lowest BCUT2D eigenvalue weighted by Crippen LogP contribution is -2.32. The number of hydrogen-bond acceptors (Lipinski definition) is 5. The van der Waals surface area contributed by atoms with E-state index in [1.165, 1.54) is 5.56 Å². The van der Waals surface area contributed by atoms with Crippen LogP contribution in [0.3, 0.4) is 0 Å². The lowest BCUT2D eigenvalue weighted by atomic mass is 9.92. The molecule has 1 aliphatic heterocycles. The van der Waals surface area contributed by atoms with Crippen molar-refractivity contribution in [3.05, 3.63) is 47.8 Å². The van der Waals surface area contributed by atoms with E-state index >= 15 is 0 Å². The van der Waals surface area contributed by atoms with E-state index in [9.17, 15) is 4.21 Å². The van der Waals surface area contributed by atoms with Gasteiger partial charge in [0, 0.05) is 12.3 Å². The number of nitrogens with zero attached hydrogens (tertiary/aromatic N) is 2. The molecule has 1 aromatic carbocycles. The van der Waals surface area contributed by atoms with Crippen LogP contribution in [0, 0.1) is 5.92 Å². The molecule has 1 aliphatic rings. The molecule has 4 rings (SSSR count). The van der Waals surface area contributed by atoms with Gasteiger partial charge in [-0.2, -0.15) is 0 Å². The number of methoxy groups -OCH3 is 1. The Hall–Kier alpha value is -2.25. The first-order valence-corrected chi connectivity index (χ1v) is 11.0. The lowest BCUT2D eigenvalue weighted by molar-refractivity contribution is 0.360. The predicted molar refractivity (Wildman–Crippen MR) is 111 cm³/mol. The SMILES string of the molecule is CCc1ccc(C(C2CCNCC2)S(=O)c2nc3ccc(OC)cc3[nH]2)nc1. The van der Waals surface area contributed by atoms with E-state index in [4.69, 9.17) is 4.74 Å². The van der Waals surface area contributed by atoms with Crippen LogP contribution in [0.2, 0.25) is 0 Å². The lowest BCUT2D eigenvalue weighted by Gasteiger charge is -2.29. The zero-order valence-electron chi connectivity index (χ0n) is 16.3. The first-order valence-electron chi connectivity index (χ1n) is 9.79. The maximum absolute atomic E-state index is 13.6. The number of fused-ring (bicyclic) bond motifs is 1. The fourth-order valence-corrected chi connectivity index (χ4v) is 5.41. The van der Waals surface area contributed by atoms with Crippen molar-refractivity contribution in [1.29, 1.82) is 0 Å². The van der Waals surface area contributed by atoms with Crippen LogP contribution in [-0.4, -0.2) is 39.4 Å². The molecular formula is C21H26N4O2S. The van der Waals surface area contributed by atoms with E-state index < -0.39 is 10.8 Å². The number of H-pyrrole nitrogens is 1. The third-order valence-corrected chi connectivity index (χ3v) is 7.11. The quantitative estimate of drug-likeness (QED) is 0.665. The molecular weight excluding hydrogens is 372 g/mol. The molecule has 0 saturated carbocycles. The van der Waals surface area contributed by atoms with Crippen molar-refractivity contribution < 1.29 is 8.95 Å². The number of ether oxygens (including phenoxy) is 1. The van der Waals surface area contributed by atoms with Gasteiger partial charge in [-0.25, -0.2) is 4.98 Å². The molecule has 2 aromatic heterocycles. The predicted octanol–water partition coefficient (Wildman–Crippen LogP) is 3.38. The fraction of sp³-hybridized carbons (Fsp3) is 0.429. The molecule has 1 saturated heterocycles. The average Bonchev–Trinajstić information content (AvgIpc) is 3.18. The van der Waals surface area contributed by atoms with Crippen molar-refractivity contribution in [3.63, 3.8) is 0 Å². The number of nitrogens with one attached hydrogen (secondary N) is 2. The van der Waals surface area contributed by atoms with E-state index in [2.05, 4.69) is 33.3 Å². The van der Waals surface area contributed by atoms with Gasteiger partial charge in [-0.3, -0.25) is 9.19 Å². The van der Waals surface area contributed by atoms with E-state index in [0.29, 0.717) is 11.1 Å². The summed E-state index contributed by atoms with van der Waals surface area (Å²) in [6.07, 6.45) is 4.83. The Balaban J connectivity index is 1.71. The normalized spacial score (nSPS) is 17.5. The Labute approximate surface area is 167 Å². The molecule has 3 heterocycles. The Kier molecular flexibility index (Phi) is 5.73. The van der Waals surface area contributed by atoms with E-state index in [0.717, 1.165) is 54.8 Å². The van der Waals surface area contributed by atoms with Crippen LogP contribution in [0.1, 0.15) is 36.3 Å². The summed E-state index contributed by atoms with van der Waals surface area (Å²) in [6, 6.07) is 9.77. The molecule has 28 heavy (non-hydrogen) atoms. The van der Waals surface area contributed by atoms with Crippen molar-refractivity contribution in [2.45, 2.75) is 36.6 Å². The number of aromatic nitrogens is 3. The summed E-state index contributed by atoms with van der Waals surface area (Å²) in [5.41, 5.74) is 3.71. The maximum Gasteiger partial charge on any atom is 0.198 e. The summed E-state index contributed by atoms with van der Waals surface area (Å²) >= 11 is 0. The molecule has 3 aromatic rings. The monoisotopic (exact) mass is 398 g/mol. The molecule has 2 unspecified atom stereocenters. The fourth-order valence-electron chi connectivity index (χ4n) is 3.79. The minimum atomic E-state index is -1.32. The summed E-state index contributed by atoms with van der Waals surface area (Å²) in [6.45, 7) is 4.01. The van der Waals surface area contributed by atoms with Gasteiger partial charge >= 0.3 is 0 Å².